The van der Waals surface area contributed by atoms with E-state index in [4.69, 9.17) is 34.8 Å². The topological polar surface area (TPSA) is 108 Å². The van der Waals surface area contributed by atoms with Crippen LogP contribution < -0.4 is 5.32 Å². The lowest BCUT2D eigenvalue weighted by Crippen LogP contribution is -2.16. The molecule has 7 nitrogen and oxygen atoms in total. The van der Waals surface area contributed by atoms with Gasteiger partial charge in [-0.1, -0.05) is 53.0 Å². The van der Waals surface area contributed by atoms with Gasteiger partial charge < -0.3 is 10.4 Å². The number of hydrogen-bond acceptors (Lipinski definition) is 4. The van der Waals surface area contributed by atoms with E-state index in [1.54, 1.807) is 31.2 Å². The zero-order chi connectivity index (χ0) is 23.4. The Morgan fingerprint density at radius 3 is 2.44 bits per heavy atom. The van der Waals surface area contributed by atoms with E-state index < -0.39 is 11.9 Å². The highest BCUT2D eigenvalue weighted by Crippen LogP contribution is 2.29. The number of nitrogens with one attached hydrogen (secondary N) is 1. The minimum atomic E-state index is -1.21. The van der Waals surface area contributed by atoms with Crippen LogP contribution in [0.3, 0.4) is 0 Å². The number of carbonyl (C=O) groups is 2. The molecule has 0 radical (unpaired) electrons. The third kappa shape index (κ3) is 4.94. The largest absolute Gasteiger partial charge is 0.478 e. The van der Waals surface area contributed by atoms with E-state index in [9.17, 15) is 20.0 Å². The maximum Gasteiger partial charge on any atom is 0.337 e. The van der Waals surface area contributed by atoms with Crippen LogP contribution in [-0.4, -0.2) is 26.8 Å². The van der Waals surface area contributed by atoms with Crippen molar-refractivity contribution in [2.75, 3.05) is 5.32 Å². The molecule has 0 unspecified atom stereocenters. The van der Waals surface area contributed by atoms with E-state index in [1.165, 1.54) is 29.0 Å². The highest BCUT2D eigenvalue weighted by Gasteiger charge is 2.19. The average Bonchev–Trinajstić information content (AvgIpc) is 3.01. The Labute approximate surface area is 198 Å². The van der Waals surface area contributed by atoms with Crippen molar-refractivity contribution < 1.29 is 14.7 Å². The Hall–Kier alpha value is -3.31. The molecule has 1 amide bonds. The summed E-state index contributed by atoms with van der Waals surface area (Å²) in [6.45, 7) is 1.86. The van der Waals surface area contributed by atoms with Crippen molar-refractivity contribution in [1.82, 2.24) is 9.78 Å². The molecule has 10 heteroatoms. The lowest BCUT2D eigenvalue weighted by Gasteiger charge is -2.08. The third-order valence-corrected chi connectivity index (χ3v) is 5.65. The standard InChI is InChI=1S/C22H15Cl3N4O3/c1-12-15(20(25)29(28-12)11-16-17(23)6-4-7-18(16)24)9-13(10-26)21(30)27-19-8-3-2-5-14(19)22(31)32/h2-9H,11H2,1H3,(H,27,30)(H,31,32)/b13-9+. The van der Waals surface area contributed by atoms with Crippen LogP contribution in [0.5, 0.6) is 0 Å². The predicted octanol–water partition coefficient (Wildman–Crippen LogP) is 5.44. The van der Waals surface area contributed by atoms with Crippen molar-refractivity contribution in [2.24, 2.45) is 0 Å². The van der Waals surface area contributed by atoms with Crippen LogP contribution >= 0.6 is 34.8 Å². The van der Waals surface area contributed by atoms with Crippen LogP contribution in [0.2, 0.25) is 15.2 Å². The summed E-state index contributed by atoms with van der Waals surface area (Å²) in [5, 5.41) is 26.7. The summed E-state index contributed by atoms with van der Waals surface area (Å²) >= 11 is 18.9. The molecular weight excluding hydrogens is 475 g/mol. The monoisotopic (exact) mass is 488 g/mol. The van der Waals surface area contributed by atoms with Crippen LogP contribution in [0.1, 0.15) is 27.2 Å². The number of benzene rings is 2. The molecule has 3 aromatic rings. The highest BCUT2D eigenvalue weighted by molar-refractivity contribution is 6.36. The summed E-state index contributed by atoms with van der Waals surface area (Å²) in [6, 6.07) is 12.8. The van der Waals surface area contributed by atoms with Gasteiger partial charge in [0.05, 0.1) is 23.5 Å². The number of nitriles is 1. The fourth-order valence-corrected chi connectivity index (χ4v) is 3.74. The second-order valence-corrected chi connectivity index (χ2v) is 7.79. The number of aromatic carboxylic acids is 1. The number of hydrogen-bond donors (Lipinski definition) is 2. The van der Waals surface area contributed by atoms with Crippen LogP contribution in [0.15, 0.2) is 48.0 Å². The minimum absolute atomic E-state index is 0.0676. The number of aryl methyl sites for hydroxylation is 1. The van der Waals surface area contributed by atoms with Crippen molar-refractivity contribution in [3.05, 3.63) is 85.6 Å². The smallest absolute Gasteiger partial charge is 0.337 e. The maximum absolute atomic E-state index is 12.6. The van der Waals surface area contributed by atoms with E-state index in [0.717, 1.165) is 0 Å². The Balaban J connectivity index is 1.92. The first-order chi connectivity index (χ1) is 15.2. The Morgan fingerprint density at radius 2 is 1.81 bits per heavy atom. The van der Waals surface area contributed by atoms with Crippen molar-refractivity contribution >= 4 is 58.4 Å². The lowest BCUT2D eigenvalue weighted by molar-refractivity contribution is -0.112. The molecule has 0 saturated heterocycles. The van der Waals surface area contributed by atoms with Crippen LogP contribution in [-0.2, 0) is 11.3 Å². The number of aromatic nitrogens is 2. The molecule has 32 heavy (non-hydrogen) atoms. The molecule has 3 rings (SSSR count). The van der Waals surface area contributed by atoms with Crippen molar-refractivity contribution in [2.45, 2.75) is 13.5 Å². The van der Waals surface area contributed by atoms with E-state index in [-0.39, 0.29) is 28.5 Å². The molecule has 0 atom stereocenters. The molecule has 0 spiro atoms. The van der Waals surface area contributed by atoms with Gasteiger partial charge in [0.2, 0.25) is 0 Å². The van der Waals surface area contributed by atoms with Crippen molar-refractivity contribution in [3.63, 3.8) is 0 Å². The maximum atomic E-state index is 12.6. The normalized spacial score (nSPS) is 11.2. The van der Waals surface area contributed by atoms with Crippen LogP contribution in [0.25, 0.3) is 6.08 Å². The van der Waals surface area contributed by atoms with Crippen molar-refractivity contribution in [3.8, 4) is 6.07 Å². The molecule has 0 aliphatic carbocycles. The Bertz CT molecular complexity index is 1270. The number of carbonyl (C=O) groups excluding carboxylic acids is 1. The molecule has 2 aromatic carbocycles. The van der Waals surface area contributed by atoms with E-state index >= 15 is 0 Å². The molecule has 0 aliphatic rings. The number of carboxylic acids is 1. The summed E-state index contributed by atoms with van der Waals surface area (Å²) < 4.78 is 1.46. The molecule has 1 heterocycles. The summed E-state index contributed by atoms with van der Waals surface area (Å²) in [4.78, 5) is 24.0. The zero-order valence-electron chi connectivity index (χ0n) is 16.6. The van der Waals surface area contributed by atoms with Gasteiger partial charge in [-0.2, -0.15) is 10.4 Å². The Morgan fingerprint density at radius 1 is 1.16 bits per heavy atom. The van der Waals surface area contributed by atoms with Gasteiger partial charge in [-0.05, 0) is 37.3 Å². The molecule has 0 fully saturated rings. The van der Waals surface area contributed by atoms with Gasteiger partial charge in [-0.15, -0.1) is 0 Å². The summed E-state index contributed by atoms with van der Waals surface area (Å²) in [5.74, 6) is -1.99. The Kier molecular flexibility index (Phi) is 7.21. The molecular formula is C22H15Cl3N4O3. The first-order valence-electron chi connectivity index (χ1n) is 9.14. The van der Waals surface area contributed by atoms with Gasteiger partial charge in [0, 0.05) is 21.2 Å². The van der Waals surface area contributed by atoms with Crippen LogP contribution in [0.4, 0.5) is 5.69 Å². The average molecular weight is 490 g/mol. The number of anilines is 1. The third-order valence-electron chi connectivity index (χ3n) is 4.54. The highest BCUT2D eigenvalue weighted by atomic mass is 35.5. The van der Waals surface area contributed by atoms with Gasteiger partial charge in [-0.25, -0.2) is 9.48 Å². The second kappa shape index (κ2) is 9.88. The van der Waals surface area contributed by atoms with Crippen molar-refractivity contribution in [1.29, 1.82) is 5.26 Å². The number of halogens is 3. The fourth-order valence-electron chi connectivity index (χ4n) is 2.93. The SMILES string of the molecule is Cc1nn(Cc2c(Cl)cccc2Cl)c(Cl)c1/C=C(\C#N)C(=O)Nc1ccccc1C(=O)O. The number of amides is 1. The predicted molar refractivity (Wildman–Crippen MR) is 123 cm³/mol. The molecule has 2 N–H and O–H groups in total. The molecule has 1 aromatic heterocycles. The van der Waals surface area contributed by atoms with Gasteiger partial charge >= 0.3 is 5.97 Å². The first-order valence-corrected chi connectivity index (χ1v) is 10.3. The lowest BCUT2D eigenvalue weighted by atomic mass is 10.1. The van der Waals surface area contributed by atoms with Crippen LogP contribution in [0, 0.1) is 18.3 Å². The summed E-state index contributed by atoms with van der Waals surface area (Å²) in [7, 11) is 0. The quantitative estimate of drug-likeness (QED) is 0.354. The zero-order valence-corrected chi connectivity index (χ0v) is 18.8. The number of rotatable bonds is 6. The molecule has 0 saturated carbocycles. The molecule has 0 aliphatic heterocycles. The second-order valence-electron chi connectivity index (χ2n) is 6.62. The molecule has 162 valence electrons. The minimum Gasteiger partial charge on any atom is -0.478 e. The van der Waals surface area contributed by atoms with Gasteiger partial charge in [0.15, 0.2) is 0 Å². The van der Waals surface area contributed by atoms with Gasteiger partial charge in [0.25, 0.3) is 5.91 Å². The van der Waals surface area contributed by atoms with Gasteiger partial charge in [0.1, 0.15) is 16.8 Å². The van der Waals surface area contributed by atoms with E-state index in [1.807, 2.05) is 6.07 Å². The summed E-state index contributed by atoms with van der Waals surface area (Å²) in [6.07, 6.45) is 1.30. The number of para-hydroxylation sites is 1. The molecule has 0 bridgehead atoms. The number of nitrogens with zero attached hydrogens (tertiary/aromatic N) is 3. The van der Waals surface area contributed by atoms with E-state index in [2.05, 4.69) is 10.4 Å². The fraction of sp³-hybridized carbons (Fsp3) is 0.0909. The first kappa shape index (κ1) is 23.4. The summed E-state index contributed by atoms with van der Waals surface area (Å²) in [5.41, 5.74) is 1.16. The van der Waals surface area contributed by atoms with E-state index in [0.29, 0.717) is 26.9 Å². The number of carboxylic acid groups (broad SMARTS) is 1. The van der Waals surface area contributed by atoms with Gasteiger partial charge in [-0.3, -0.25) is 4.79 Å².